The van der Waals surface area contributed by atoms with Crippen LogP contribution in [-0.2, 0) is 6.42 Å². The van der Waals surface area contributed by atoms with Crippen LogP contribution in [0.25, 0.3) is 16.9 Å². The van der Waals surface area contributed by atoms with Gasteiger partial charge in [-0.1, -0.05) is 23.2 Å². The maximum atomic E-state index is 6.43. The van der Waals surface area contributed by atoms with Gasteiger partial charge >= 0.3 is 0 Å². The fourth-order valence-corrected chi connectivity index (χ4v) is 3.96. The summed E-state index contributed by atoms with van der Waals surface area (Å²) in [6.07, 6.45) is 6.82. The number of aromatic nitrogens is 3. The lowest BCUT2D eigenvalue weighted by Crippen LogP contribution is -2.07. The topological polar surface area (TPSA) is 42.7 Å². The Morgan fingerprint density at radius 2 is 2.00 bits per heavy atom. The maximum absolute atomic E-state index is 6.43. The van der Waals surface area contributed by atoms with E-state index in [9.17, 15) is 0 Å². The average molecular weight is 438 g/mol. The van der Waals surface area contributed by atoms with Gasteiger partial charge in [-0.15, -0.1) is 0 Å². The monoisotopic (exact) mass is 436 g/mol. The lowest BCUT2D eigenvalue weighted by atomic mass is 10.1. The molecule has 0 aliphatic carbocycles. The highest BCUT2D eigenvalue weighted by molar-refractivity contribution is 9.10. The number of nitrogens with zero attached hydrogens (tertiary/aromatic N) is 3. The number of benzene rings is 1. The predicted molar refractivity (Wildman–Crippen MR) is 106 cm³/mol. The van der Waals surface area contributed by atoms with Crippen molar-refractivity contribution in [3.05, 3.63) is 56.7 Å². The standard InChI is InChI=1S/C18H15BrCl2N4/c19-12-7-11(9-22-10-12)17-14-3-1-2-6-23-18(14)25(24-17)16-5-4-13(20)8-15(16)21/h4-5,7-10,23H,1-3,6H2. The molecule has 25 heavy (non-hydrogen) atoms. The Morgan fingerprint density at radius 1 is 1.12 bits per heavy atom. The number of fused-ring (bicyclic) bond motifs is 1. The van der Waals surface area contributed by atoms with Crippen molar-refractivity contribution in [2.24, 2.45) is 0 Å². The van der Waals surface area contributed by atoms with Gasteiger partial charge in [-0.25, -0.2) is 4.68 Å². The zero-order chi connectivity index (χ0) is 17.4. The van der Waals surface area contributed by atoms with E-state index < -0.39 is 0 Å². The predicted octanol–water partition coefficient (Wildman–Crippen LogP) is 5.75. The smallest absolute Gasteiger partial charge is 0.133 e. The van der Waals surface area contributed by atoms with Gasteiger partial charge in [0.05, 0.1) is 16.4 Å². The molecule has 3 aromatic rings. The first-order valence-corrected chi connectivity index (χ1v) is 9.60. The first kappa shape index (κ1) is 16.9. The molecule has 3 heterocycles. The fraction of sp³-hybridized carbons (Fsp3) is 0.222. The lowest BCUT2D eigenvalue weighted by molar-refractivity contribution is 0.780. The average Bonchev–Trinajstić information content (AvgIpc) is 2.77. The molecule has 0 radical (unpaired) electrons. The van der Waals surface area contributed by atoms with Crippen LogP contribution in [0.15, 0.2) is 41.1 Å². The summed E-state index contributed by atoms with van der Waals surface area (Å²) < 4.78 is 2.81. The minimum atomic E-state index is 0.572. The molecule has 0 amide bonds. The van der Waals surface area contributed by atoms with Crippen LogP contribution in [0.2, 0.25) is 10.0 Å². The fourth-order valence-electron chi connectivity index (χ4n) is 3.10. The van der Waals surface area contributed by atoms with Gasteiger partial charge in [0.1, 0.15) is 5.82 Å². The van der Waals surface area contributed by atoms with Crippen molar-refractivity contribution in [1.82, 2.24) is 14.8 Å². The van der Waals surface area contributed by atoms with Crippen molar-refractivity contribution >= 4 is 44.9 Å². The van der Waals surface area contributed by atoms with E-state index in [1.165, 1.54) is 5.56 Å². The Kier molecular flexibility index (Phi) is 4.71. The van der Waals surface area contributed by atoms with Crippen molar-refractivity contribution in [2.45, 2.75) is 19.3 Å². The van der Waals surface area contributed by atoms with E-state index in [2.05, 4.69) is 26.2 Å². The summed E-state index contributed by atoms with van der Waals surface area (Å²) in [5.74, 6) is 0.997. The second-order valence-electron chi connectivity index (χ2n) is 5.96. The number of anilines is 1. The quantitative estimate of drug-likeness (QED) is 0.554. The Hall–Kier alpha value is -1.56. The molecule has 2 aromatic heterocycles. The van der Waals surface area contributed by atoms with E-state index in [4.69, 9.17) is 28.3 Å². The highest BCUT2D eigenvalue weighted by Gasteiger charge is 2.23. The SMILES string of the molecule is Clc1ccc(-n2nc(-c3cncc(Br)c3)c3c2NCCCC3)c(Cl)c1. The molecule has 7 heteroatoms. The van der Waals surface area contributed by atoms with Gasteiger partial charge in [-0.2, -0.15) is 5.10 Å². The highest BCUT2D eigenvalue weighted by Crippen LogP contribution is 2.36. The summed E-state index contributed by atoms with van der Waals surface area (Å²) in [6, 6.07) is 7.50. The second kappa shape index (κ2) is 6.98. The zero-order valence-corrected chi connectivity index (χ0v) is 16.4. The molecular formula is C18H15BrCl2N4. The summed E-state index contributed by atoms with van der Waals surface area (Å²) in [4.78, 5) is 4.28. The van der Waals surface area contributed by atoms with E-state index in [-0.39, 0.29) is 0 Å². The molecule has 0 saturated carbocycles. The number of hydrogen-bond donors (Lipinski definition) is 1. The summed E-state index contributed by atoms with van der Waals surface area (Å²) in [5, 5.41) is 9.57. The number of hydrogen-bond acceptors (Lipinski definition) is 3. The molecule has 1 N–H and O–H groups in total. The Labute approximate surface area is 164 Å². The molecule has 1 aliphatic heterocycles. The lowest BCUT2D eigenvalue weighted by Gasteiger charge is -2.10. The summed E-state index contributed by atoms with van der Waals surface area (Å²) >= 11 is 16.0. The Bertz CT molecular complexity index is 939. The van der Waals surface area contributed by atoms with Gasteiger partial charge in [-0.3, -0.25) is 4.98 Å². The molecule has 0 fully saturated rings. The molecule has 0 spiro atoms. The minimum Gasteiger partial charge on any atom is -0.370 e. The Balaban J connectivity index is 1.93. The number of pyridine rings is 1. The van der Waals surface area contributed by atoms with Crippen LogP contribution in [0.1, 0.15) is 18.4 Å². The Morgan fingerprint density at radius 3 is 2.80 bits per heavy atom. The number of nitrogens with one attached hydrogen (secondary N) is 1. The van der Waals surface area contributed by atoms with Gasteiger partial charge in [0.2, 0.25) is 0 Å². The highest BCUT2D eigenvalue weighted by atomic mass is 79.9. The molecule has 1 aromatic carbocycles. The third-order valence-electron chi connectivity index (χ3n) is 4.25. The number of rotatable bonds is 2. The third kappa shape index (κ3) is 3.28. The van der Waals surface area contributed by atoms with E-state index in [0.29, 0.717) is 10.0 Å². The zero-order valence-electron chi connectivity index (χ0n) is 13.3. The van der Waals surface area contributed by atoms with Gasteiger partial charge < -0.3 is 5.32 Å². The van der Waals surface area contributed by atoms with Crippen molar-refractivity contribution < 1.29 is 0 Å². The van der Waals surface area contributed by atoms with E-state index in [0.717, 1.165) is 53.0 Å². The van der Waals surface area contributed by atoms with Gasteiger partial charge in [0, 0.05) is 39.6 Å². The van der Waals surface area contributed by atoms with Crippen LogP contribution in [0.4, 0.5) is 5.82 Å². The van der Waals surface area contributed by atoms with Gasteiger partial charge in [0.25, 0.3) is 0 Å². The van der Waals surface area contributed by atoms with Crippen molar-refractivity contribution in [3.8, 4) is 16.9 Å². The van der Waals surface area contributed by atoms with Crippen LogP contribution >= 0.6 is 39.1 Å². The second-order valence-corrected chi connectivity index (χ2v) is 7.72. The largest absolute Gasteiger partial charge is 0.370 e. The van der Waals surface area contributed by atoms with Crippen LogP contribution in [0.5, 0.6) is 0 Å². The third-order valence-corrected chi connectivity index (χ3v) is 5.22. The molecule has 0 atom stereocenters. The normalized spacial score (nSPS) is 13.9. The van der Waals surface area contributed by atoms with Crippen LogP contribution in [0.3, 0.4) is 0 Å². The van der Waals surface area contributed by atoms with E-state index in [1.54, 1.807) is 12.3 Å². The summed E-state index contributed by atoms with van der Waals surface area (Å²) in [6.45, 7) is 0.917. The molecule has 4 rings (SSSR count). The molecule has 4 nitrogen and oxygen atoms in total. The summed E-state index contributed by atoms with van der Waals surface area (Å²) in [7, 11) is 0. The van der Waals surface area contributed by atoms with Crippen molar-refractivity contribution in [2.75, 3.05) is 11.9 Å². The van der Waals surface area contributed by atoms with E-state index in [1.807, 2.05) is 29.1 Å². The van der Waals surface area contributed by atoms with Crippen LogP contribution < -0.4 is 5.32 Å². The molecular weight excluding hydrogens is 423 g/mol. The van der Waals surface area contributed by atoms with Gasteiger partial charge in [0.15, 0.2) is 0 Å². The van der Waals surface area contributed by atoms with Crippen molar-refractivity contribution in [3.63, 3.8) is 0 Å². The molecule has 0 bridgehead atoms. The molecule has 128 valence electrons. The summed E-state index contributed by atoms with van der Waals surface area (Å²) in [5.41, 5.74) is 3.93. The molecule has 0 unspecified atom stereocenters. The van der Waals surface area contributed by atoms with E-state index >= 15 is 0 Å². The van der Waals surface area contributed by atoms with Crippen LogP contribution in [0, 0.1) is 0 Å². The minimum absolute atomic E-state index is 0.572. The molecule has 0 saturated heterocycles. The number of halogens is 3. The van der Waals surface area contributed by atoms with Gasteiger partial charge in [-0.05, 0) is 59.5 Å². The first-order chi connectivity index (χ1) is 12.1. The van der Waals surface area contributed by atoms with Crippen molar-refractivity contribution in [1.29, 1.82) is 0 Å². The van der Waals surface area contributed by atoms with Crippen LogP contribution in [-0.4, -0.2) is 21.3 Å². The first-order valence-electron chi connectivity index (χ1n) is 8.05. The maximum Gasteiger partial charge on any atom is 0.133 e. The molecule has 1 aliphatic rings.